The lowest BCUT2D eigenvalue weighted by molar-refractivity contribution is -0.440. The number of hydrogen-bond donors (Lipinski definition) is 1. The van der Waals surface area contributed by atoms with Gasteiger partial charge in [-0.15, -0.1) is 0 Å². The van der Waals surface area contributed by atoms with Crippen molar-refractivity contribution in [3.63, 3.8) is 0 Å². The predicted molar refractivity (Wildman–Crippen MR) is 100 cm³/mol. The highest BCUT2D eigenvalue weighted by atomic mass is 32.2. The predicted octanol–water partition coefficient (Wildman–Crippen LogP) is 6.09. The number of benzene rings is 1. The van der Waals surface area contributed by atoms with E-state index < -0.39 is 65.2 Å². The molecule has 0 aromatic heterocycles. The van der Waals surface area contributed by atoms with E-state index in [0.29, 0.717) is 5.56 Å². The van der Waals surface area contributed by atoms with Crippen molar-refractivity contribution < 1.29 is 79.2 Å². The van der Waals surface area contributed by atoms with Gasteiger partial charge in [-0.2, -0.15) is 70.2 Å². The Balaban J connectivity index is 2.98. The minimum atomic E-state index is -8.07. The van der Waals surface area contributed by atoms with E-state index in [2.05, 4.69) is 8.92 Å². The van der Waals surface area contributed by atoms with Crippen LogP contribution in [-0.4, -0.2) is 56.9 Å². The van der Waals surface area contributed by atoms with Crippen LogP contribution in [-0.2, 0) is 15.0 Å². The topological polar surface area (TPSA) is 81.7 Å². The Morgan fingerprint density at radius 3 is 1.61 bits per heavy atom. The average molecular weight is 605 g/mol. The summed E-state index contributed by atoms with van der Waals surface area (Å²) in [5, 5.41) is 0. The molecule has 0 bridgehead atoms. The van der Waals surface area contributed by atoms with Gasteiger partial charge in [-0.3, -0.25) is 0 Å². The monoisotopic (exact) mass is 605 g/mol. The molecule has 0 aliphatic rings. The molecule has 220 valence electrons. The molecule has 1 N–H and O–H groups in total. The number of hydrogen-bond acceptors (Lipinski definition) is 5. The number of nitrogens with one attached hydrogen (secondary N) is 1. The van der Waals surface area contributed by atoms with Crippen LogP contribution in [0.4, 0.5) is 61.9 Å². The SMILES string of the molecule is Cc1cc(C)c(OS(=O)(=O)NC(=O)OCCC(F)(F)C(F)(F)C(F)(F)C(F)(F)C(F)(F)C(F)(F)F)c(C)c1. The lowest BCUT2D eigenvalue weighted by Gasteiger charge is -2.39. The molecule has 0 spiro atoms. The molecule has 0 atom stereocenters. The van der Waals surface area contributed by atoms with Gasteiger partial charge in [-0.25, -0.2) is 4.79 Å². The maximum absolute atomic E-state index is 13.7. The summed E-state index contributed by atoms with van der Waals surface area (Å²) in [6.45, 7) is 2.26. The van der Waals surface area contributed by atoms with Gasteiger partial charge in [-0.05, 0) is 31.9 Å². The average Bonchev–Trinajstić information content (AvgIpc) is 2.68. The first kappa shape index (κ1) is 33.4. The lowest BCUT2D eigenvalue weighted by atomic mass is 9.93. The van der Waals surface area contributed by atoms with Gasteiger partial charge in [0.25, 0.3) is 0 Å². The lowest BCUT2D eigenvalue weighted by Crippen LogP contribution is -2.70. The molecular weight excluding hydrogens is 589 g/mol. The van der Waals surface area contributed by atoms with Crippen molar-refractivity contribution in [3.8, 4) is 5.75 Å². The van der Waals surface area contributed by atoms with Gasteiger partial charge in [-0.1, -0.05) is 17.7 Å². The number of carbonyl (C=O) groups excluding carboxylic acids is 1. The zero-order valence-corrected chi connectivity index (χ0v) is 19.7. The first-order valence-corrected chi connectivity index (χ1v) is 11.0. The first-order valence-electron chi connectivity index (χ1n) is 9.57. The molecule has 20 heteroatoms. The van der Waals surface area contributed by atoms with Gasteiger partial charge in [0, 0.05) is 0 Å². The third kappa shape index (κ3) is 6.14. The Hall–Kier alpha value is -2.67. The molecule has 1 amide bonds. The van der Waals surface area contributed by atoms with E-state index in [-0.39, 0.29) is 16.9 Å². The maximum atomic E-state index is 13.7. The van der Waals surface area contributed by atoms with Crippen LogP contribution < -0.4 is 8.91 Å². The quantitative estimate of drug-likeness (QED) is 0.327. The Morgan fingerprint density at radius 2 is 1.18 bits per heavy atom. The summed E-state index contributed by atoms with van der Waals surface area (Å²) in [5.41, 5.74) is 1.13. The third-order valence-corrected chi connectivity index (χ3v) is 5.46. The van der Waals surface area contributed by atoms with Crippen molar-refractivity contribution >= 4 is 16.4 Å². The van der Waals surface area contributed by atoms with Crippen LogP contribution in [0.15, 0.2) is 12.1 Å². The summed E-state index contributed by atoms with van der Waals surface area (Å²) in [4.78, 5) is 11.5. The standard InChI is InChI=1S/C18H16F13NO5S/c1-8-6-9(2)11(10(3)7-8)37-38(34,35)32-12(33)36-5-4-13(19,20)14(21,22)15(23,24)16(25,26)17(27,28)18(29,30)31/h6-7H,4-5H2,1-3H3,(H,32,33). The smallest absolute Gasteiger partial charge is 0.449 e. The minimum Gasteiger partial charge on any atom is -0.449 e. The van der Waals surface area contributed by atoms with Crippen LogP contribution in [0.25, 0.3) is 0 Å². The Labute approximate surface area is 205 Å². The molecular formula is C18H16F13NO5S. The molecule has 6 nitrogen and oxygen atoms in total. The molecule has 0 heterocycles. The van der Waals surface area contributed by atoms with Crippen LogP contribution in [0.1, 0.15) is 23.1 Å². The molecule has 1 aromatic carbocycles. The van der Waals surface area contributed by atoms with Crippen molar-refractivity contribution in [1.29, 1.82) is 0 Å². The van der Waals surface area contributed by atoms with Gasteiger partial charge >= 0.3 is 52.2 Å². The van der Waals surface area contributed by atoms with E-state index in [1.807, 2.05) is 0 Å². The van der Waals surface area contributed by atoms with Crippen LogP contribution in [0.5, 0.6) is 5.75 Å². The van der Waals surface area contributed by atoms with Gasteiger partial charge in [0.05, 0.1) is 13.0 Å². The summed E-state index contributed by atoms with van der Waals surface area (Å²) in [6.07, 6.45) is -12.6. The van der Waals surface area contributed by atoms with Gasteiger partial charge in [0.1, 0.15) is 5.75 Å². The maximum Gasteiger partial charge on any atom is 0.460 e. The van der Waals surface area contributed by atoms with E-state index in [0.717, 1.165) is 4.72 Å². The number of alkyl halides is 13. The summed E-state index contributed by atoms with van der Waals surface area (Å²) in [5.74, 6) is -38.3. The number of ether oxygens (including phenoxy) is 1. The van der Waals surface area contributed by atoms with E-state index >= 15 is 0 Å². The Bertz CT molecular complexity index is 1130. The van der Waals surface area contributed by atoms with E-state index in [1.54, 1.807) is 6.92 Å². The molecule has 0 aliphatic carbocycles. The van der Waals surface area contributed by atoms with Crippen LogP contribution in [0.3, 0.4) is 0 Å². The highest BCUT2D eigenvalue weighted by molar-refractivity contribution is 7.85. The summed E-state index contributed by atoms with van der Waals surface area (Å²) in [7, 11) is -5.13. The molecule has 0 radical (unpaired) electrons. The van der Waals surface area contributed by atoms with Crippen molar-refractivity contribution in [2.75, 3.05) is 6.61 Å². The largest absolute Gasteiger partial charge is 0.460 e. The zero-order valence-electron chi connectivity index (χ0n) is 18.9. The van der Waals surface area contributed by atoms with Crippen LogP contribution in [0, 0.1) is 20.8 Å². The number of carbonyl (C=O) groups is 1. The van der Waals surface area contributed by atoms with Gasteiger partial charge in [0.15, 0.2) is 0 Å². The number of halogens is 13. The van der Waals surface area contributed by atoms with Crippen LogP contribution in [0.2, 0.25) is 0 Å². The van der Waals surface area contributed by atoms with Gasteiger partial charge < -0.3 is 8.92 Å². The second kappa shape index (κ2) is 10.1. The Kier molecular flexibility index (Phi) is 8.90. The van der Waals surface area contributed by atoms with Crippen molar-refractivity contribution in [2.45, 2.75) is 63.0 Å². The van der Waals surface area contributed by atoms with Crippen molar-refractivity contribution in [1.82, 2.24) is 4.72 Å². The molecule has 0 saturated carbocycles. The molecule has 0 unspecified atom stereocenters. The molecule has 1 rings (SSSR count). The summed E-state index contributed by atoms with van der Waals surface area (Å²) < 4.78 is 203. The highest BCUT2D eigenvalue weighted by Crippen LogP contribution is 2.60. The van der Waals surface area contributed by atoms with Crippen molar-refractivity contribution in [2.24, 2.45) is 0 Å². The molecule has 0 fully saturated rings. The van der Waals surface area contributed by atoms with Crippen molar-refractivity contribution in [3.05, 3.63) is 28.8 Å². The van der Waals surface area contributed by atoms with E-state index in [1.165, 1.54) is 26.0 Å². The summed E-state index contributed by atoms with van der Waals surface area (Å²) >= 11 is 0. The fourth-order valence-electron chi connectivity index (χ4n) is 2.79. The first-order chi connectivity index (χ1) is 16.6. The fraction of sp³-hybridized carbons (Fsp3) is 0.611. The molecule has 0 saturated heterocycles. The number of amides is 1. The van der Waals surface area contributed by atoms with Gasteiger partial charge in [0.2, 0.25) is 0 Å². The highest BCUT2D eigenvalue weighted by Gasteiger charge is 2.90. The van der Waals surface area contributed by atoms with E-state index in [9.17, 15) is 70.3 Å². The van der Waals surface area contributed by atoms with E-state index in [4.69, 9.17) is 0 Å². The minimum absolute atomic E-state index is 0.233. The zero-order chi connectivity index (χ0) is 30.3. The second-order valence-electron chi connectivity index (χ2n) is 7.75. The second-order valence-corrected chi connectivity index (χ2v) is 9.03. The third-order valence-electron chi connectivity index (χ3n) is 4.65. The Morgan fingerprint density at radius 1 is 0.763 bits per heavy atom. The van der Waals surface area contributed by atoms with Crippen LogP contribution >= 0.6 is 0 Å². The molecule has 38 heavy (non-hydrogen) atoms. The molecule has 0 aliphatic heterocycles. The number of aryl methyl sites for hydroxylation is 3. The summed E-state index contributed by atoms with van der Waals surface area (Å²) in [6, 6.07) is 2.89. The molecule has 1 aromatic rings. The number of rotatable bonds is 10. The normalized spacial score (nSPS) is 14.3. The fourth-order valence-corrected chi connectivity index (χ4v) is 3.58.